The van der Waals surface area contributed by atoms with Crippen molar-refractivity contribution in [2.24, 2.45) is 10.8 Å². The van der Waals surface area contributed by atoms with E-state index in [9.17, 15) is 9.59 Å². The van der Waals surface area contributed by atoms with E-state index in [0.29, 0.717) is 6.42 Å². The maximum absolute atomic E-state index is 11.7. The zero-order valence-electron chi connectivity index (χ0n) is 13.2. The molecule has 0 aliphatic carbocycles. The van der Waals surface area contributed by atoms with Crippen LogP contribution in [0.5, 0.6) is 0 Å². The topological polar surface area (TPSA) is 58.7 Å². The van der Waals surface area contributed by atoms with Crippen LogP contribution < -0.4 is 5.32 Å². The molecule has 0 radical (unpaired) electrons. The second-order valence-corrected chi connectivity index (χ2v) is 7.27. The van der Waals surface area contributed by atoms with Crippen molar-refractivity contribution in [3.8, 4) is 0 Å². The summed E-state index contributed by atoms with van der Waals surface area (Å²) in [6.07, 6.45) is 1.41. The Hall–Kier alpha value is -0.900. The van der Waals surface area contributed by atoms with Gasteiger partial charge in [0.1, 0.15) is 5.78 Å². The molecule has 1 heterocycles. The normalized spacial score (nSPS) is 24.9. The lowest BCUT2D eigenvalue weighted by molar-refractivity contribution is -0.126. The maximum Gasteiger partial charge on any atom is 0.351 e. The fraction of sp³-hybridized carbons (Fsp3) is 0.867. The number of epoxide rings is 1. The molecule has 1 fully saturated rings. The second-order valence-electron chi connectivity index (χ2n) is 7.27. The number of hydrogen-bond acceptors (Lipinski definition) is 4. The molecule has 1 rings (SSSR count). The molecule has 2 unspecified atom stereocenters. The van der Waals surface area contributed by atoms with Gasteiger partial charge in [-0.3, -0.25) is 4.79 Å². The molecular formula is C15H27NO3. The summed E-state index contributed by atoms with van der Waals surface area (Å²) in [6, 6.07) is 0.127. The first-order chi connectivity index (χ1) is 8.44. The number of Topliss-reactive ketones (excluding diaryl/α,β-unsaturated/α-hetero) is 1. The Bertz CT molecular complexity index is 387. The first kappa shape index (κ1) is 16.2. The molecule has 0 saturated carbocycles. The molecule has 0 amide bonds. The van der Waals surface area contributed by atoms with Gasteiger partial charge in [0.2, 0.25) is 5.60 Å². The van der Waals surface area contributed by atoms with Crippen LogP contribution in [0.25, 0.3) is 0 Å². The molecule has 0 aromatic heterocycles. The number of carbonyl (C=O) groups excluding carboxylic acids is 2. The lowest BCUT2D eigenvalue weighted by Gasteiger charge is -2.39. The summed E-state index contributed by atoms with van der Waals surface area (Å²) >= 11 is 0. The van der Waals surface area contributed by atoms with E-state index >= 15 is 0 Å². The highest BCUT2D eigenvalue weighted by Gasteiger charge is 2.56. The Morgan fingerprint density at radius 1 is 1.37 bits per heavy atom. The van der Waals surface area contributed by atoms with Crippen LogP contribution in [-0.2, 0) is 14.3 Å². The number of nitrogens with one attached hydrogen (secondary N) is 1. The van der Waals surface area contributed by atoms with Gasteiger partial charge in [-0.15, -0.1) is 0 Å². The zero-order valence-corrected chi connectivity index (χ0v) is 13.2. The van der Waals surface area contributed by atoms with Crippen LogP contribution in [0.4, 0.5) is 0 Å². The average Bonchev–Trinajstić information content (AvgIpc) is 2.81. The van der Waals surface area contributed by atoms with E-state index in [4.69, 9.17) is 4.74 Å². The highest BCUT2D eigenvalue weighted by Crippen LogP contribution is 2.42. The van der Waals surface area contributed by atoms with Crippen molar-refractivity contribution >= 4 is 11.8 Å². The van der Waals surface area contributed by atoms with Gasteiger partial charge in [0, 0.05) is 17.9 Å². The maximum atomic E-state index is 11.7. The van der Waals surface area contributed by atoms with E-state index in [1.54, 1.807) is 6.92 Å². The second kappa shape index (κ2) is 4.89. The molecule has 110 valence electrons. The molecule has 0 bridgehead atoms. The number of carbonyl (C=O) groups is 2. The molecule has 19 heavy (non-hydrogen) atoms. The van der Waals surface area contributed by atoms with Gasteiger partial charge in [-0.2, -0.15) is 0 Å². The van der Waals surface area contributed by atoms with Crippen molar-refractivity contribution in [1.29, 1.82) is 0 Å². The minimum atomic E-state index is -0.634. The average molecular weight is 269 g/mol. The molecule has 1 aliphatic heterocycles. The Balaban J connectivity index is 2.78. The molecule has 4 nitrogen and oxygen atoms in total. The van der Waals surface area contributed by atoms with E-state index < -0.39 is 5.60 Å². The van der Waals surface area contributed by atoms with Crippen molar-refractivity contribution < 1.29 is 14.3 Å². The van der Waals surface area contributed by atoms with Gasteiger partial charge in [0.15, 0.2) is 0 Å². The first-order valence-electron chi connectivity index (χ1n) is 6.86. The quantitative estimate of drug-likeness (QED) is 0.721. The number of ether oxygens (including phenoxy) is 1. The molecular weight excluding hydrogens is 242 g/mol. The summed E-state index contributed by atoms with van der Waals surface area (Å²) in [7, 11) is 1.89. The molecule has 0 aromatic carbocycles. The van der Waals surface area contributed by atoms with Crippen LogP contribution in [0.1, 0.15) is 54.4 Å². The molecule has 1 saturated heterocycles. The lowest BCUT2D eigenvalue weighted by atomic mass is 9.68. The van der Waals surface area contributed by atoms with Crippen LogP contribution in [0.15, 0.2) is 0 Å². The van der Waals surface area contributed by atoms with E-state index in [0.717, 1.165) is 6.42 Å². The molecule has 0 aromatic rings. The fourth-order valence-corrected chi connectivity index (χ4v) is 2.85. The summed E-state index contributed by atoms with van der Waals surface area (Å²) in [5.74, 6) is 0.0646. The van der Waals surface area contributed by atoms with Crippen molar-refractivity contribution in [2.75, 3.05) is 7.05 Å². The van der Waals surface area contributed by atoms with Crippen LogP contribution >= 0.6 is 0 Å². The molecule has 2 atom stereocenters. The third-order valence-corrected chi connectivity index (χ3v) is 4.44. The predicted octanol–water partition coefficient (Wildman–Crippen LogP) is 2.31. The van der Waals surface area contributed by atoms with Gasteiger partial charge in [-0.05, 0) is 32.7 Å². The van der Waals surface area contributed by atoms with Crippen LogP contribution in [-0.4, -0.2) is 30.4 Å². The van der Waals surface area contributed by atoms with Gasteiger partial charge < -0.3 is 10.1 Å². The highest BCUT2D eigenvalue weighted by atomic mass is 16.7. The third kappa shape index (κ3) is 3.56. The van der Waals surface area contributed by atoms with E-state index in [1.807, 2.05) is 27.8 Å². The Morgan fingerprint density at radius 3 is 2.16 bits per heavy atom. The third-order valence-electron chi connectivity index (χ3n) is 4.44. The van der Waals surface area contributed by atoms with E-state index in [1.165, 1.54) is 0 Å². The lowest BCUT2D eigenvalue weighted by Crippen LogP contribution is -2.46. The van der Waals surface area contributed by atoms with Gasteiger partial charge in [-0.1, -0.05) is 27.7 Å². The minimum absolute atomic E-state index is 0.0981. The largest absolute Gasteiger partial charge is 0.444 e. The minimum Gasteiger partial charge on any atom is -0.444 e. The first-order valence-corrected chi connectivity index (χ1v) is 6.86. The van der Waals surface area contributed by atoms with Crippen LogP contribution in [0.2, 0.25) is 0 Å². The van der Waals surface area contributed by atoms with Crippen molar-refractivity contribution in [3.63, 3.8) is 0 Å². The molecule has 4 heteroatoms. The predicted molar refractivity (Wildman–Crippen MR) is 74.8 cm³/mol. The van der Waals surface area contributed by atoms with E-state index in [-0.39, 0.29) is 28.6 Å². The molecule has 0 spiro atoms. The monoisotopic (exact) mass is 269 g/mol. The van der Waals surface area contributed by atoms with Gasteiger partial charge in [0.25, 0.3) is 0 Å². The SMILES string of the molecule is CNC(CC1(C)OC1=O)C(C)(C)CC(C)(C)C(C)=O. The van der Waals surface area contributed by atoms with E-state index in [2.05, 4.69) is 19.2 Å². The number of hydrogen-bond donors (Lipinski definition) is 1. The smallest absolute Gasteiger partial charge is 0.351 e. The van der Waals surface area contributed by atoms with Crippen LogP contribution in [0.3, 0.4) is 0 Å². The summed E-state index contributed by atoms with van der Waals surface area (Å²) in [4.78, 5) is 23.0. The molecule has 1 aliphatic rings. The van der Waals surface area contributed by atoms with Crippen molar-refractivity contribution in [3.05, 3.63) is 0 Å². The summed E-state index contributed by atoms with van der Waals surface area (Å²) in [5.41, 5.74) is -1.08. The fourth-order valence-electron chi connectivity index (χ4n) is 2.85. The van der Waals surface area contributed by atoms with Gasteiger partial charge >= 0.3 is 5.97 Å². The Labute approximate surface area is 116 Å². The summed E-state index contributed by atoms with van der Waals surface area (Å²) < 4.78 is 5.06. The van der Waals surface area contributed by atoms with Crippen molar-refractivity contribution in [2.45, 2.75) is 66.0 Å². The van der Waals surface area contributed by atoms with Gasteiger partial charge in [-0.25, -0.2) is 4.79 Å². The summed E-state index contributed by atoms with van der Waals surface area (Å²) in [6.45, 7) is 11.7. The van der Waals surface area contributed by atoms with Gasteiger partial charge in [0.05, 0.1) is 0 Å². The Morgan fingerprint density at radius 2 is 1.84 bits per heavy atom. The highest BCUT2D eigenvalue weighted by molar-refractivity contribution is 5.92. The molecule has 1 N–H and O–H groups in total. The van der Waals surface area contributed by atoms with Crippen LogP contribution in [0, 0.1) is 10.8 Å². The Kier molecular flexibility index (Phi) is 4.16. The number of rotatable bonds is 7. The standard InChI is InChI=1S/C15H27NO3/c1-10(17)13(2,3)9-14(4,5)11(16-7)8-15(6)12(18)19-15/h11,16H,8-9H2,1-7H3. The zero-order chi connectivity index (χ0) is 15.1. The van der Waals surface area contributed by atoms with Crippen molar-refractivity contribution in [1.82, 2.24) is 5.32 Å². The summed E-state index contributed by atoms with van der Waals surface area (Å²) in [5, 5.41) is 3.28. The number of ketones is 1. The number of cyclic esters (lactones) is 1.